The summed E-state index contributed by atoms with van der Waals surface area (Å²) in [5, 5.41) is 9.23. The quantitative estimate of drug-likeness (QED) is 0.784. The number of aliphatic carboxylic acids is 1. The molecule has 5 nitrogen and oxygen atoms in total. The van der Waals surface area contributed by atoms with Crippen LogP contribution in [0.15, 0.2) is 0 Å². The number of carboxylic acid groups (broad SMARTS) is 1. The first-order valence-electron chi connectivity index (χ1n) is 7.29. The molecule has 2 amide bonds. The van der Waals surface area contributed by atoms with E-state index in [1.54, 1.807) is 0 Å². The number of carbonyl (C=O) groups excluding carboxylic acids is 1. The van der Waals surface area contributed by atoms with Crippen molar-refractivity contribution in [2.24, 2.45) is 17.8 Å². The lowest BCUT2D eigenvalue weighted by molar-refractivity contribution is -0.142. The van der Waals surface area contributed by atoms with Gasteiger partial charge < -0.3 is 14.9 Å². The minimum absolute atomic E-state index is 0.0683. The van der Waals surface area contributed by atoms with Crippen molar-refractivity contribution in [3.8, 4) is 0 Å². The Labute approximate surface area is 113 Å². The molecule has 0 aromatic heterocycles. The lowest BCUT2D eigenvalue weighted by Crippen LogP contribution is -2.45. The highest BCUT2D eigenvalue weighted by molar-refractivity contribution is 5.79. The molecule has 2 bridgehead atoms. The van der Waals surface area contributed by atoms with Crippen LogP contribution in [0, 0.1) is 17.8 Å². The van der Waals surface area contributed by atoms with Gasteiger partial charge in [0.2, 0.25) is 0 Å². The van der Waals surface area contributed by atoms with Crippen molar-refractivity contribution in [3.05, 3.63) is 0 Å². The van der Waals surface area contributed by atoms with Crippen molar-refractivity contribution >= 4 is 12.0 Å². The molecule has 0 radical (unpaired) electrons. The van der Waals surface area contributed by atoms with Crippen molar-refractivity contribution < 1.29 is 14.7 Å². The standard InChI is InChI=1S/C14H22N2O3/c1-8-6-15(7-9(8)2)14(19)16-10-3-4-12(16)11(5-10)13(17)18/h8-12H,3-7H2,1-2H3,(H,17,18). The molecule has 0 saturated carbocycles. The Morgan fingerprint density at radius 1 is 1.11 bits per heavy atom. The number of fused-ring (bicyclic) bond motifs is 2. The van der Waals surface area contributed by atoms with Gasteiger partial charge in [0.25, 0.3) is 0 Å². The molecule has 19 heavy (non-hydrogen) atoms. The fraction of sp³-hybridized carbons (Fsp3) is 0.857. The molecule has 3 aliphatic rings. The summed E-state index contributed by atoms with van der Waals surface area (Å²) in [5.41, 5.74) is 0. The van der Waals surface area contributed by atoms with E-state index in [1.165, 1.54) is 0 Å². The number of hydrogen-bond donors (Lipinski definition) is 1. The SMILES string of the molecule is CC1CN(C(=O)N2C3CCC2C(C(=O)O)C3)CC1C. The molecule has 3 rings (SSSR count). The van der Waals surface area contributed by atoms with Gasteiger partial charge in [0.15, 0.2) is 0 Å². The average Bonchev–Trinajstić information content (AvgIpc) is 3.02. The molecule has 0 aromatic rings. The first-order valence-corrected chi connectivity index (χ1v) is 7.29. The third-order valence-corrected chi connectivity index (χ3v) is 5.33. The molecule has 5 heteroatoms. The molecule has 1 N–H and O–H groups in total. The maximum Gasteiger partial charge on any atom is 0.320 e. The molecular weight excluding hydrogens is 244 g/mol. The van der Waals surface area contributed by atoms with Crippen molar-refractivity contribution in [3.63, 3.8) is 0 Å². The summed E-state index contributed by atoms with van der Waals surface area (Å²) in [4.78, 5) is 27.7. The molecule has 5 unspecified atom stereocenters. The number of amides is 2. The maximum absolute atomic E-state index is 12.6. The van der Waals surface area contributed by atoms with Gasteiger partial charge in [0.1, 0.15) is 0 Å². The second-order valence-electron chi connectivity index (χ2n) is 6.53. The van der Waals surface area contributed by atoms with E-state index in [9.17, 15) is 14.7 Å². The highest BCUT2D eigenvalue weighted by Gasteiger charge is 2.52. The van der Waals surface area contributed by atoms with E-state index >= 15 is 0 Å². The molecule has 3 fully saturated rings. The second-order valence-corrected chi connectivity index (χ2v) is 6.53. The van der Waals surface area contributed by atoms with Gasteiger partial charge in [-0.3, -0.25) is 4.79 Å². The molecule has 3 heterocycles. The van der Waals surface area contributed by atoms with Crippen LogP contribution in [-0.2, 0) is 4.79 Å². The molecule has 106 valence electrons. The minimum atomic E-state index is -0.742. The Morgan fingerprint density at radius 3 is 2.26 bits per heavy atom. The summed E-state index contributed by atoms with van der Waals surface area (Å²) in [6, 6.07) is 0.165. The van der Waals surface area contributed by atoms with Crippen LogP contribution < -0.4 is 0 Å². The first kappa shape index (κ1) is 12.8. The van der Waals surface area contributed by atoms with Crippen LogP contribution in [0.2, 0.25) is 0 Å². The lowest BCUT2D eigenvalue weighted by atomic mass is 9.89. The summed E-state index contributed by atoms with van der Waals surface area (Å²) in [7, 11) is 0. The van der Waals surface area contributed by atoms with Gasteiger partial charge in [-0.05, 0) is 31.1 Å². The smallest absolute Gasteiger partial charge is 0.320 e. The largest absolute Gasteiger partial charge is 0.481 e. The Balaban J connectivity index is 1.73. The van der Waals surface area contributed by atoms with Crippen LogP contribution in [0.1, 0.15) is 33.1 Å². The summed E-state index contributed by atoms with van der Waals surface area (Å²) in [6.07, 6.45) is 2.47. The Kier molecular flexibility index (Phi) is 2.95. The zero-order valence-electron chi connectivity index (χ0n) is 11.6. The summed E-state index contributed by atoms with van der Waals surface area (Å²) < 4.78 is 0. The van der Waals surface area contributed by atoms with E-state index in [0.717, 1.165) is 25.9 Å². The van der Waals surface area contributed by atoms with Crippen LogP contribution in [-0.4, -0.2) is 52.1 Å². The van der Waals surface area contributed by atoms with Gasteiger partial charge >= 0.3 is 12.0 Å². The Bertz CT molecular complexity index is 401. The average molecular weight is 266 g/mol. The van der Waals surface area contributed by atoms with Crippen LogP contribution in [0.25, 0.3) is 0 Å². The van der Waals surface area contributed by atoms with Crippen LogP contribution in [0.3, 0.4) is 0 Å². The second kappa shape index (κ2) is 4.39. The number of nitrogens with zero attached hydrogens (tertiary/aromatic N) is 2. The normalized spacial score (nSPS) is 41.1. The molecular formula is C14H22N2O3. The summed E-state index contributed by atoms with van der Waals surface area (Å²) >= 11 is 0. The van der Waals surface area contributed by atoms with Gasteiger partial charge in [-0.2, -0.15) is 0 Å². The predicted octanol–water partition coefficient (Wildman–Crippen LogP) is 1.63. The van der Waals surface area contributed by atoms with E-state index in [2.05, 4.69) is 13.8 Å². The number of likely N-dealkylation sites (tertiary alicyclic amines) is 1. The summed E-state index contributed by atoms with van der Waals surface area (Å²) in [5.74, 6) is -0.00717. The molecule has 0 aliphatic carbocycles. The van der Waals surface area contributed by atoms with Crippen LogP contribution >= 0.6 is 0 Å². The number of hydrogen-bond acceptors (Lipinski definition) is 2. The lowest BCUT2D eigenvalue weighted by Gasteiger charge is -2.28. The third kappa shape index (κ3) is 1.90. The van der Waals surface area contributed by atoms with E-state index in [0.29, 0.717) is 18.3 Å². The van der Waals surface area contributed by atoms with Crippen LogP contribution in [0.5, 0.6) is 0 Å². The van der Waals surface area contributed by atoms with Crippen molar-refractivity contribution in [2.45, 2.75) is 45.2 Å². The fourth-order valence-electron chi connectivity index (χ4n) is 4.00. The number of carboxylic acids is 1. The number of carbonyl (C=O) groups is 2. The van der Waals surface area contributed by atoms with Gasteiger partial charge in [-0.15, -0.1) is 0 Å². The topological polar surface area (TPSA) is 60.9 Å². The zero-order chi connectivity index (χ0) is 13.7. The number of urea groups is 1. The monoisotopic (exact) mass is 266 g/mol. The predicted molar refractivity (Wildman–Crippen MR) is 69.7 cm³/mol. The van der Waals surface area contributed by atoms with Gasteiger partial charge in [0, 0.05) is 25.2 Å². The molecule has 3 saturated heterocycles. The molecule has 0 aromatic carbocycles. The van der Waals surface area contributed by atoms with E-state index in [4.69, 9.17) is 0 Å². The highest BCUT2D eigenvalue weighted by atomic mass is 16.4. The van der Waals surface area contributed by atoms with Gasteiger partial charge in [0.05, 0.1) is 5.92 Å². The van der Waals surface area contributed by atoms with E-state index in [-0.39, 0.29) is 24.0 Å². The van der Waals surface area contributed by atoms with Crippen molar-refractivity contribution in [2.75, 3.05) is 13.1 Å². The molecule has 0 spiro atoms. The Morgan fingerprint density at radius 2 is 1.74 bits per heavy atom. The zero-order valence-corrected chi connectivity index (χ0v) is 11.6. The Hall–Kier alpha value is -1.26. The molecule has 5 atom stereocenters. The number of rotatable bonds is 1. The van der Waals surface area contributed by atoms with Gasteiger partial charge in [-0.1, -0.05) is 13.8 Å². The van der Waals surface area contributed by atoms with E-state index < -0.39 is 5.97 Å². The van der Waals surface area contributed by atoms with Crippen molar-refractivity contribution in [1.29, 1.82) is 0 Å². The molecule has 3 aliphatic heterocycles. The summed E-state index contributed by atoms with van der Waals surface area (Å²) in [6.45, 7) is 5.98. The van der Waals surface area contributed by atoms with E-state index in [1.807, 2.05) is 9.80 Å². The fourth-order valence-corrected chi connectivity index (χ4v) is 4.00. The maximum atomic E-state index is 12.6. The first-order chi connectivity index (χ1) is 8.99. The van der Waals surface area contributed by atoms with Gasteiger partial charge in [-0.25, -0.2) is 4.79 Å². The third-order valence-electron chi connectivity index (χ3n) is 5.33. The van der Waals surface area contributed by atoms with Crippen LogP contribution in [0.4, 0.5) is 4.79 Å². The minimum Gasteiger partial charge on any atom is -0.481 e. The van der Waals surface area contributed by atoms with Crippen molar-refractivity contribution in [1.82, 2.24) is 9.80 Å². The highest BCUT2D eigenvalue weighted by Crippen LogP contribution is 2.42.